The number of pyridine rings is 1. The summed E-state index contributed by atoms with van der Waals surface area (Å²) in [5.41, 5.74) is 6.14. The van der Waals surface area contributed by atoms with E-state index >= 15 is 0 Å². The Balaban J connectivity index is 2.26. The maximum absolute atomic E-state index is 5.91. The lowest BCUT2D eigenvalue weighted by Gasteiger charge is -2.21. The van der Waals surface area contributed by atoms with Gasteiger partial charge in [-0.05, 0) is 61.0 Å². The second-order valence-corrected chi connectivity index (χ2v) is 7.21. The first kappa shape index (κ1) is 15.2. The van der Waals surface area contributed by atoms with Crippen molar-refractivity contribution in [3.05, 3.63) is 40.9 Å². The Morgan fingerprint density at radius 1 is 1.15 bits per heavy atom. The summed E-state index contributed by atoms with van der Waals surface area (Å²) in [5.74, 6) is 0.481. The number of hydrogen-bond acceptors (Lipinski definition) is 4. The Morgan fingerprint density at radius 2 is 1.85 bits per heavy atom. The molecule has 106 valence electrons. The number of rotatable bonds is 3. The topological polar surface area (TPSA) is 48.1 Å². The smallest absolute Gasteiger partial charge is 0.238 e. The van der Waals surface area contributed by atoms with Gasteiger partial charge in [0.2, 0.25) is 5.88 Å². The van der Waals surface area contributed by atoms with Crippen molar-refractivity contribution in [1.29, 1.82) is 0 Å². The molecule has 20 heavy (non-hydrogen) atoms. The second kappa shape index (κ2) is 6.06. The predicted molar refractivity (Wildman–Crippen MR) is 87.3 cm³/mol. The molecule has 0 saturated carbocycles. The standard InChI is InChI=1S/C15H17BrN2OS/c1-15(2,3)19-14-11(17)8-9-13(18-14)20-12-7-5-4-6-10(12)16/h4-9H,17H2,1-3H3. The zero-order valence-electron chi connectivity index (χ0n) is 11.7. The number of nitrogens with zero attached hydrogens (tertiary/aromatic N) is 1. The lowest BCUT2D eigenvalue weighted by atomic mass is 10.2. The minimum Gasteiger partial charge on any atom is -0.470 e. The van der Waals surface area contributed by atoms with E-state index in [1.807, 2.05) is 57.2 Å². The molecule has 0 radical (unpaired) electrons. The van der Waals surface area contributed by atoms with Gasteiger partial charge < -0.3 is 10.5 Å². The molecule has 2 rings (SSSR count). The molecule has 0 saturated heterocycles. The van der Waals surface area contributed by atoms with Crippen molar-refractivity contribution < 1.29 is 4.74 Å². The van der Waals surface area contributed by atoms with E-state index in [1.54, 1.807) is 11.8 Å². The van der Waals surface area contributed by atoms with Crippen LogP contribution in [0, 0.1) is 0 Å². The van der Waals surface area contributed by atoms with Crippen LogP contribution in [0.3, 0.4) is 0 Å². The summed E-state index contributed by atoms with van der Waals surface area (Å²) in [6.45, 7) is 5.92. The lowest BCUT2D eigenvalue weighted by Crippen LogP contribution is -2.24. The number of aromatic nitrogens is 1. The molecule has 0 unspecified atom stereocenters. The fourth-order valence-corrected chi connectivity index (χ4v) is 2.83. The molecule has 0 amide bonds. The van der Waals surface area contributed by atoms with Gasteiger partial charge in [-0.15, -0.1) is 0 Å². The summed E-state index contributed by atoms with van der Waals surface area (Å²) in [6, 6.07) is 11.8. The Hall–Kier alpha value is -1.20. The van der Waals surface area contributed by atoms with Gasteiger partial charge in [-0.3, -0.25) is 0 Å². The van der Waals surface area contributed by atoms with Crippen molar-refractivity contribution in [2.45, 2.75) is 36.3 Å². The van der Waals surface area contributed by atoms with Crippen molar-refractivity contribution in [2.24, 2.45) is 0 Å². The fourth-order valence-electron chi connectivity index (χ4n) is 1.50. The first-order valence-corrected chi connectivity index (χ1v) is 7.84. The summed E-state index contributed by atoms with van der Waals surface area (Å²) >= 11 is 5.10. The Kier molecular flexibility index (Phi) is 4.60. The minimum absolute atomic E-state index is 0.322. The Bertz CT molecular complexity index is 611. The van der Waals surface area contributed by atoms with Crippen molar-refractivity contribution in [3.8, 4) is 5.88 Å². The average molecular weight is 353 g/mol. The number of hydrogen-bond donors (Lipinski definition) is 1. The molecule has 0 atom stereocenters. The molecule has 0 aliphatic carbocycles. The fraction of sp³-hybridized carbons (Fsp3) is 0.267. The van der Waals surface area contributed by atoms with E-state index in [2.05, 4.69) is 20.9 Å². The molecule has 2 aromatic rings. The lowest BCUT2D eigenvalue weighted by molar-refractivity contribution is 0.124. The van der Waals surface area contributed by atoms with Crippen LogP contribution in [0.2, 0.25) is 0 Å². The van der Waals surface area contributed by atoms with Gasteiger partial charge in [0.1, 0.15) is 10.6 Å². The maximum atomic E-state index is 5.91. The van der Waals surface area contributed by atoms with Gasteiger partial charge in [0.05, 0.1) is 5.69 Å². The zero-order valence-corrected chi connectivity index (χ0v) is 14.1. The number of nitrogen functional groups attached to an aromatic ring is 1. The number of anilines is 1. The van der Waals surface area contributed by atoms with E-state index in [1.165, 1.54) is 0 Å². The summed E-state index contributed by atoms with van der Waals surface area (Å²) in [4.78, 5) is 5.59. The molecule has 1 aromatic heterocycles. The molecule has 3 nitrogen and oxygen atoms in total. The van der Waals surface area contributed by atoms with E-state index < -0.39 is 0 Å². The largest absolute Gasteiger partial charge is 0.470 e. The van der Waals surface area contributed by atoms with Crippen LogP contribution in [0.5, 0.6) is 5.88 Å². The first-order chi connectivity index (χ1) is 9.35. The van der Waals surface area contributed by atoms with Crippen molar-refractivity contribution >= 4 is 33.4 Å². The van der Waals surface area contributed by atoms with Crippen molar-refractivity contribution in [1.82, 2.24) is 4.98 Å². The highest BCUT2D eigenvalue weighted by Gasteiger charge is 2.16. The van der Waals surface area contributed by atoms with Crippen LogP contribution in [-0.4, -0.2) is 10.6 Å². The molecular formula is C15H17BrN2OS. The molecule has 0 spiro atoms. The molecule has 1 heterocycles. The number of benzene rings is 1. The monoisotopic (exact) mass is 352 g/mol. The maximum Gasteiger partial charge on any atom is 0.238 e. The van der Waals surface area contributed by atoms with Crippen LogP contribution in [0.4, 0.5) is 5.69 Å². The van der Waals surface area contributed by atoms with Crippen LogP contribution in [0.25, 0.3) is 0 Å². The van der Waals surface area contributed by atoms with Crippen LogP contribution < -0.4 is 10.5 Å². The average Bonchev–Trinajstić information content (AvgIpc) is 2.34. The van der Waals surface area contributed by atoms with Gasteiger partial charge in [-0.2, -0.15) is 0 Å². The van der Waals surface area contributed by atoms with E-state index in [-0.39, 0.29) is 5.60 Å². The predicted octanol–water partition coefficient (Wildman–Crippen LogP) is 4.75. The van der Waals surface area contributed by atoms with Crippen LogP contribution in [-0.2, 0) is 0 Å². The number of halogens is 1. The molecular weight excluding hydrogens is 336 g/mol. The highest BCUT2D eigenvalue weighted by atomic mass is 79.9. The summed E-state index contributed by atoms with van der Waals surface area (Å²) in [5, 5.41) is 0.852. The van der Waals surface area contributed by atoms with Gasteiger partial charge in [-0.1, -0.05) is 23.9 Å². The second-order valence-electron chi connectivity index (χ2n) is 5.29. The van der Waals surface area contributed by atoms with E-state index in [0.717, 1.165) is 14.4 Å². The van der Waals surface area contributed by atoms with Crippen molar-refractivity contribution in [2.75, 3.05) is 5.73 Å². The van der Waals surface area contributed by atoms with Crippen LogP contribution >= 0.6 is 27.7 Å². The molecule has 0 fully saturated rings. The van der Waals surface area contributed by atoms with Crippen LogP contribution in [0.15, 0.2) is 50.8 Å². The molecule has 1 aromatic carbocycles. The van der Waals surface area contributed by atoms with Crippen molar-refractivity contribution in [3.63, 3.8) is 0 Å². The van der Waals surface area contributed by atoms with Crippen LogP contribution in [0.1, 0.15) is 20.8 Å². The highest BCUT2D eigenvalue weighted by Crippen LogP contribution is 2.34. The third-order valence-corrected chi connectivity index (χ3v) is 4.28. The quantitative estimate of drug-likeness (QED) is 0.865. The first-order valence-electron chi connectivity index (χ1n) is 6.23. The van der Waals surface area contributed by atoms with Gasteiger partial charge in [0.15, 0.2) is 0 Å². The molecule has 0 aliphatic rings. The van der Waals surface area contributed by atoms with Gasteiger partial charge in [-0.25, -0.2) is 4.98 Å². The summed E-state index contributed by atoms with van der Waals surface area (Å²) in [7, 11) is 0. The normalized spacial score (nSPS) is 11.4. The van der Waals surface area contributed by atoms with Gasteiger partial charge in [0, 0.05) is 9.37 Å². The number of nitrogens with two attached hydrogens (primary N) is 1. The Labute approximate surface area is 132 Å². The molecule has 2 N–H and O–H groups in total. The zero-order chi connectivity index (χ0) is 14.8. The minimum atomic E-state index is -0.322. The molecule has 0 bridgehead atoms. The summed E-state index contributed by atoms with van der Waals surface area (Å²) < 4.78 is 6.82. The Morgan fingerprint density at radius 3 is 2.50 bits per heavy atom. The highest BCUT2D eigenvalue weighted by molar-refractivity contribution is 9.10. The third-order valence-electron chi connectivity index (χ3n) is 2.32. The third kappa shape index (κ3) is 4.15. The molecule has 0 aliphatic heterocycles. The van der Waals surface area contributed by atoms with E-state index in [9.17, 15) is 0 Å². The van der Waals surface area contributed by atoms with E-state index in [4.69, 9.17) is 10.5 Å². The van der Waals surface area contributed by atoms with Gasteiger partial charge in [0.25, 0.3) is 0 Å². The van der Waals surface area contributed by atoms with Gasteiger partial charge >= 0.3 is 0 Å². The van der Waals surface area contributed by atoms with E-state index in [0.29, 0.717) is 11.6 Å². The SMILES string of the molecule is CC(C)(C)Oc1nc(Sc2ccccc2Br)ccc1N. The summed E-state index contributed by atoms with van der Waals surface area (Å²) in [6.07, 6.45) is 0. The molecule has 5 heteroatoms. The number of ether oxygens (including phenoxy) is 1.